The summed E-state index contributed by atoms with van der Waals surface area (Å²) in [4.78, 5) is 35.0. The van der Waals surface area contributed by atoms with Crippen LogP contribution in [0.15, 0.2) is 23.1 Å². The Bertz CT molecular complexity index is 617. The molecule has 146 valence electrons. The first kappa shape index (κ1) is 21.7. The van der Waals surface area contributed by atoms with Gasteiger partial charge in [-0.05, 0) is 18.9 Å². The first-order chi connectivity index (χ1) is 12.5. The number of carbonyl (C=O) groups excluding carboxylic acids is 2. The lowest BCUT2D eigenvalue weighted by atomic mass is 10.0. The lowest BCUT2D eigenvalue weighted by Gasteiger charge is -2.20. The summed E-state index contributed by atoms with van der Waals surface area (Å²) in [7, 11) is 0. The number of hydrogen-bond donors (Lipinski definition) is 3. The predicted molar refractivity (Wildman–Crippen MR) is 99.6 cm³/mol. The summed E-state index contributed by atoms with van der Waals surface area (Å²) in [6.45, 7) is 4.72. The molecular formula is C18H30N4O4. The third kappa shape index (κ3) is 7.69. The van der Waals surface area contributed by atoms with Gasteiger partial charge in [0.25, 0.3) is 5.56 Å². The number of rotatable bonds is 13. The van der Waals surface area contributed by atoms with Crippen LogP contribution in [0, 0.1) is 5.92 Å². The molecule has 1 aromatic rings. The highest BCUT2D eigenvalue weighted by atomic mass is 16.5. The molecular weight excluding hydrogens is 336 g/mol. The molecule has 0 saturated heterocycles. The van der Waals surface area contributed by atoms with Crippen LogP contribution in [0.1, 0.15) is 52.4 Å². The number of anilines is 1. The SMILES string of the molecule is CCCCC[C@H](CN(O)C=O)C(=O)NNc1ccn(CCCC)c(=O)c1. The quantitative estimate of drug-likeness (QED) is 0.215. The maximum atomic E-state index is 12.3. The first-order valence-corrected chi connectivity index (χ1v) is 9.19. The van der Waals surface area contributed by atoms with E-state index < -0.39 is 5.92 Å². The van der Waals surface area contributed by atoms with Crippen molar-refractivity contribution in [3.8, 4) is 0 Å². The second-order valence-electron chi connectivity index (χ2n) is 6.34. The molecule has 0 aliphatic heterocycles. The van der Waals surface area contributed by atoms with Crippen molar-refractivity contribution >= 4 is 18.0 Å². The third-order valence-corrected chi connectivity index (χ3v) is 4.13. The molecule has 0 unspecified atom stereocenters. The van der Waals surface area contributed by atoms with E-state index in [0.29, 0.717) is 23.7 Å². The average Bonchev–Trinajstić information content (AvgIpc) is 2.64. The second-order valence-corrected chi connectivity index (χ2v) is 6.34. The van der Waals surface area contributed by atoms with E-state index >= 15 is 0 Å². The lowest BCUT2D eigenvalue weighted by molar-refractivity contribution is -0.154. The van der Waals surface area contributed by atoms with Gasteiger partial charge in [-0.2, -0.15) is 0 Å². The summed E-state index contributed by atoms with van der Waals surface area (Å²) in [6.07, 6.45) is 7.27. The van der Waals surface area contributed by atoms with E-state index in [1.54, 1.807) is 16.8 Å². The summed E-state index contributed by atoms with van der Waals surface area (Å²) >= 11 is 0. The molecule has 0 aromatic carbocycles. The van der Waals surface area contributed by atoms with Crippen LogP contribution in [0.5, 0.6) is 0 Å². The van der Waals surface area contributed by atoms with Gasteiger partial charge in [0.05, 0.1) is 18.2 Å². The Kier molecular flexibility index (Phi) is 10.1. The number of amides is 2. The van der Waals surface area contributed by atoms with Crippen LogP contribution < -0.4 is 16.4 Å². The van der Waals surface area contributed by atoms with Crippen molar-refractivity contribution in [1.29, 1.82) is 0 Å². The van der Waals surface area contributed by atoms with E-state index in [1.807, 2.05) is 0 Å². The summed E-state index contributed by atoms with van der Waals surface area (Å²) in [5.74, 6) is -0.869. The number of unbranched alkanes of at least 4 members (excludes halogenated alkanes) is 3. The first-order valence-electron chi connectivity index (χ1n) is 9.19. The minimum Gasteiger partial charge on any atom is -0.315 e. The molecule has 0 spiro atoms. The number of hydrazine groups is 1. The number of hydrogen-bond acceptors (Lipinski definition) is 5. The van der Waals surface area contributed by atoms with Crippen LogP contribution in [-0.2, 0) is 16.1 Å². The molecule has 26 heavy (non-hydrogen) atoms. The van der Waals surface area contributed by atoms with Crippen molar-refractivity contribution < 1.29 is 14.8 Å². The Balaban J connectivity index is 2.63. The van der Waals surface area contributed by atoms with Crippen molar-refractivity contribution in [1.82, 2.24) is 15.1 Å². The number of hydroxylamine groups is 2. The normalized spacial score (nSPS) is 11.7. The lowest BCUT2D eigenvalue weighted by Crippen LogP contribution is -2.40. The number of nitrogens with zero attached hydrogens (tertiary/aromatic N) is 2. The average molecular weight is 366 g/mol. The van der Waals surface area contributed by atoms with Gasteiger partial charge < -0.3 is 4.57 Å². The molecule has 2 amide bonds. The Hall–Kier alpha value is -2.35. The summed E-state index contributed by atoms with van der Waals surface area (Å²) in [6, 6.07) is 3.14. The molecule has 1 rings (SSSR count). The predicted octanol–water partition coefficient (Wildman–Crippen LogP) is 2.14. The Labute approximate surface area is 154 Å². The van der Waals surface area contributed by atoms with E-state index in [0.717, 1.165) is 32.1 Å². The Morgan fingerprint density at radius 2 is 2.04 bits per heavy atom. The topological polar surface area (TPSA) is 104 Å². The molecule has 3 N–H and O–H groups in total. The highest BCUT2D eigenvalue weighted by molar-refractivity contribution is 5.80. The molecule has 1 aromatic heterocycles. The van der Waals surface area contributed by atoms with E-state index in [9.17, 15) is 19.6 Å². The van der Waals surface area contributed by atoms with Gasteiger partial charge in [0, 0.05) is 18.8 Å². The van der Waals surface area contributed by atoms with Gasteiger partial charge in [0.1, 0.15) is 0 Å². The molecule has 1 atom stereocenters. The van der Waals surface area contributed by atoms with Crippen molar-refractivity contribution in [3.63, 3.8) is 0 Å². The van der Waals surface area contributed by atoms with Crippen LogP contribution in [0.3, 0.4) is 0 Å². The number of aryl methyl sites for hydroxylation is 1. The monoisotopic (exact) mass is 366 g/mol. The molecule has 0 bridgehead atoms. The van der Waals surface area contributed by atoms with Crippen LogP contribution >= 0.6 is 0 Å². The fraction of sp³-hybridized carbons (Fsp3) is 0.611. The third-order valence-electron chi connectivity index (χ3n) is 4.13. The standard InChI is InChI=1S/C18H30N4O4/c1-3-5-7-8-15(13-22(26)14-23)18(25)20-19-16-9-11-21(10-6-4-2)17(24)12-16/h9,11-12,14-15,19,26H,3-8,10,13H2,1-2H3,(H,20,25)/t15-/m1/s1. The van der Waals surface area contributed by atoms with Crippen molar-refractivity contribution in [2.75, 3.05) is 12.0 Å². The van der Waals surface area contributed by atoms with E-state index in [4.69, 9.17) is 0 Å². The second kappa shape index (κ2) is 12.1. The maximum absolute atomic E-state index is 12.3. The molecule has 0 fully saturated rings. The molecule has 1 heterocycles. The number of aromatic nitrogens is 1. The van der Waals surface area contributed by atoms with Gasteiger partial charge in [-0.3, -0.25) is 30.4 Å². The number of nitrogens with one attached hydrogen (secondary N) is 2. The molecule has 0 aliphatic rings. The summed E-state index contributed by atoms with van der Waals surface area (Å²) in [5.41, 5.74) is 5.63. The molecule has 0 saturated carbocycles. The minimum atomic E-state index is -0.533. The number of pyridine rings is 1. The Morgan fingerprint density at radius 3 is 2.65 bits per heavy atom. The summed E-state index contributed by atoms with van der Waals surface area (Å²) < 4.78 is 1.62. The van der Waals surface area contributed by atoms with Crippen molar-refractivity contribution in [2.24, 2.45) is 5.92 Å². The van der Waals surface area contributed by atoms with Crippen LogP contribution in [0.25, 0.3) is 0 Å². The maximum Gasteiger partial charge on any atom is 0.252 e. The van der Waals surface area contributed by atoms with Crippen LogP contribution in [0.2, 0.25) is 0 Å². The number of carbonyl (C=O) groups is 2. The summed E-state index contributed by atoms with van der Waals surface area (Å²) in [5, 5.41) is 9.85. The van der Waals surface area contributed by atoms with Gasteiger partial charge in [-0.25, -0.2) is 5.06 Å². The highest BCUT2D eigenvalue weighted by Crippen LogP contribution is 2.12. The van der Waals surface area contributed by atoms with E-state index in [2.05, 4.69) is 24.7 Å². The highest BCUT2D eigenvalue weighted by Gasteiger charge is 2.20. The Morgan fingerprint density at radius 1 is 1.31 bits per heavy atom. The minimum absolute atomic E-state index is 0.0701. The van der Waals surface area contributed by atoms with Crippen LogP contribution in [0.4, 0.5) is 5.69 Å². The zero-order chi connectivity index (χ0) is 19.4. The van der Waals surface area contributed by atoms with Gasteiger partial charge >= 0.3 is 0 Å². The molecule has 8 heteroatoms. The van der Waals surface area contributed by atoms with E-state index in [-0.39, 0.29) is 24.4 Å². The van der Waals surface area contributed by atoms with Gasteiger partial charge in [0.15, 0.2) is 0 Å². The zero-order valence-electron chi connectivity index (χ0n) is 15.6. The zero-order valence-corrected chi connectivity index (χ0v) is 15.6. The van der Waals surface area contributed by atoms with Crippen molar-refractivity contribution in [3.05, 3.63) is 28.7 Å². The molecule has 8 nitrogen and oxygen atoms in total. The van der Waals surface area contributed by atoms with Crippen LogP contribution in [-0.4, -0.2) is 33.7 Å². The van der Waals surface area contributed by atoms with Gasteiger partial charge in [-0.15, -0.1) is 0 Å². The van der Waals surface area contributed by atoms with Crippen molar-refractivity contribution in [2.45, 2.75) is 58.9 Å². The fourth-order valence-corrected chi connectivity index (χ4v) is 2.55. The molecule has 0 aliphatic carbocycles. The van der Waals surface area contributed by atoms with Gasteiger partial charge in [0.2, 0.25) is 12.3 Å². The molecule has 0 radical (unpaired) electrons. The van der Waals surface area contributed by atoms with Gasteiger partial charge in [-0.1, -0.05) is 39.5 Å². The van der Waals surface area contributed by atoms with E-state index in [1.165, 1.54) is 6.07 Å². The largest absolute Gasteiger partial charge is 0.315 e. The smallest absolute Gasteiger partial charge is 0.252 e. The fourth-order valence-electron chi connectivity index (χ4n) is 2.55.